The predicted molar refractivity (Wildman–Crippen MR) is 66.0 cm³/mol. The Morgan fingerprint density at radius 1 is 1.62 bits per heavy atom. The third-order valence-corrected chi connectivity index (χ3v) is 5.46. The van der Waals surface area contributed by atoms with Gasteiger partial charge in [-0.05, 0) is 19.4 Å². The summed E-state index contributed by atoms with van der Waals surface area (Å²) in [7, 11) is -1.91. The Morgan fingerprint density at radius 3 is 2.62 bits per heavy atom. The smallest absolute Gasteiger partial charge is 0.256 e. The van der Waals surface area contributed by atoms with E-state index in [2.05, 4.69) is 25.8 Å². The van der Waals surface area contributed by atoms with Gasteiger partial charge in [-0.3, -0.25) is 4.68 Å². The van der Waals surface area contributed by atoms with E-state index in [1.54, 1.807) is 7.05 Å². The van der Waals surface area contributed by atoms with Crippen molar-refractivity contribution in [1.82, 2.24) is 14.5 Å². The number of nitrogens with one attached hydrogen (secondary N) is 1. The molecule has 1 unspecified atom stereocenters. The van der Waals surface area contributed by atoms with E-state index >= 15 is 0 Å². The van der Waals surface area contributed by atoms with Gasteiger partial charge in [-0.2, -0.15) is 5.10 Å². The average molecular weight is 310 g/mol. The molecule has 1 N–H and O–H groups in total. The molecular formula is C9H16BrN3O2S. The summed E-state index contributed by atoms with van der Waals surface area (Å²) in [5.41, 5.74) is -0.483. The highest BCUT2D eigenvalue weighted by Crippen LogP contribution is 2.17. The van der Waals surface area contributed by atoms with Crippen molar-refractivity contribution in [1.29, 1.82) is 0 Å². The minimum absolute atomic E-state index is 0.174. The number of hydrogen-bond donors (Lipinski definition) is 1. The largest absolute Gasteiger partial charge is 0.258 e. The van der Waals surface area contributed by atoms with Gasteiger partial charge in [0.15, 0.2) is 5.03 Å². The molecule has 5 nitrogen and oxygen atoms in total. The van der Waals surface area contributed by atoms with Crippen LogP contribution in [-0.2, 0) is 17.1 Å². The first-order valence-corrected chi connectivity index (χ1v) is 7.53. The molecule has 1 heterocycles. The van der Waals surface area contributed by atoms with E-state index in [0.29, 0.717) is 11.8 Å². The Kier molecular flexibility index (Phi) is 4.14. The molecule has 0 saturated carbocycles. The lowest BCUT2D eigenvalue weighted by molar-refractivity contribution is 0.446. The Bertz CT molecular complexity index is 451. The van der Waals surface area contributed by atoms with Crippen molar-refractivity contribution in [3.8, 4) is 0 Å². The zero-order valence-corrected chi connectivity index (χ0v) is 12.0. The molecule has 0 bridgehead atoms. The van der Waals surface area contributed by atoms with Gasteiger partial charge in [0.25, 0.3) is 10.0 Å². The van der Waals surface area contributed by atoms with E-state index in [1.165, 1.54) is 16.9 Å². The molecule has 0 radical (unpaired) electrons. The number of halogens is 1. The topological polar surface area (TPSA) is 64.0 Å². The fraction of sp³-hybridized carbons (Fsp3) is 0.667. The van der Waals surface area contributed by atoms with Crippen LogP contribution in [0, 0.1) is 0 Å². The first kappa shape index (κ1) is 13.7. The molecule has 0 fully saturated rings. The molecule has 1 aromatic heterocycles. The first-order valence-electron chi connectivity index (χ1n) is 4.92. The Morgan fingerprint density at radius 2 is 2.25 bits per heavy atom. The molecule has 16 heavy (non-hydrogen) atoms. The van der Waals surface area contributed by atoms with Crippen LogP contribution in [0.2, 0.25) is 0 Å². The summed E-state index contributed by atoms with van der Waals surface area (Å²) >= 11 is 3.32. The zero-order chi connectivity index (χ0) is 12.4. The molecule has 0 aliphatic heterocycles. The fourth-order valence-corrected chi connectivity index (χ4v) is 3.52. The molecule has 0 aliphatic carbocycles. The normalized spacial score (nSPS) is 16.0. The number of hydrogen-bond acceptors (Lipinski definition) is 3. The second-order valence-electron chi connectivity index (χ2n) is 3.95. The molecule has 1 rings (SSSR count). The van der Waals surface area contributed by atoms with Gasteiger partial charge >= 0.3 is 0 Å². The maximum Gasteiger partial charge on any atom is 0.258 e. The van der Waals surface area contributed by atoms with E-state index in [9.17, 15) is 8.42 Å². The Balaban J connectivity index is 3.02. The molecule has 0 spiro atoms. The maximum absolute atomic E-state index is 12.1. The second-order valence-corrected chi connectivity index (χ2v) is 6.14. The van der Waals surface area contributed by atoms with Crippen LogP contribution in [-0.4, -0.2) is 29.1 Å². The lowest BCUT2D eigenvalue weighted by Gasteiger charge is -2.26. The summed E-state index contributed by atoms with van der Waals surface area (Å²) < 4.78 is 28.1. The number of aryl methyl sites for hydroxylation is 1. The number of alkyl halides is 1. The van der Waals surface area contributed by atoms with Crippen LogP contribution in [0.15, 0.2) is 17.3 Å². The monoisotopic (exact) mass is 309 g/mol. The molecule has 92 valence electrons. The van der Waals surface area contributed by atoms with Gasteiger partial charge in [-0.1, -0.05) is 22.9 Å². The summed E-state index contributed by atoms with van der Waals surface area (Å²) in [6, 6.07) is 1.48. The summed E-state index contributed by atoms with van der Waals surface area (Å²) in [5, 5.41) is 4.59. The highest BCUT2D eigenvalue weighted by atomic mass is 79.9. The van der Waals surface area contributed by atoms with Crippen LogP contribution in [0.4, 0.5) is 0 Å². The second kappa shape index (κ2) is 4.85. The van der Waals surface area contributed by atoms with Crippen molar-refractivity contribution in [3.63, 3.8) is 0 Å². The molecule has 0 amide bonds. The van der Waals surface area contributed by atoms with Crippen molar-refractivity contribution >= 4 is 26.0 Å². The molecule has 1 aromatic rings. The molecular weight excluding hydrogens is 294 g/mol. The van der Waals surface area contributed by atoms with E-state index in [1.807, 2.05) is 13.8 Å². The lowest BCUT2D eigenvalue weighted by atomic mass is 10.0. The van der Waals surface area contributed by atoms with Crippen LogP contribution in [0.25, 0.3) is 0 Å². The van der Waals surface area contributed by atoms with Gasteiger partial charge < -0.3 is 0 Å². The van der Waals surface area contributed by atoms with Gasteiger partial charge in [-0.15, -0.1) is 0 Å². The van der Waals surface area contributed by atoms with Crippen molar-refractivity contribution < 1.29 is 8.42 Å². The number of sulfonamides is 1. The van der Waals surface area contributed by atoms with Crippen molar-refractivity contribution in [2.75, 3.05) is 5.33 Å². The third kappa shape index (κ3) is 2.83. The van der Waals surface area contributed by atoms with Gasteiger partial charge in [0.1, 0.15) is 0 Å². The molecule has 1 atom stereocenters. The lowest BCUT2D eigenvalue weighted by Crippen LogP contribution is -2.47. The first-order chi connectivity index (χ1) is 7.34. The molecule has 7 heteroatoms. The van der Waals surface area contributed by atoms with Crippen LogP contribution in [0.3, 0.4) is 0 Å². The van der Waals surface area contributed by atoms with E-state index in [-0.39, 0.29) is 5.03 Å². The van der Waals surface area contributed by atoms with Crippen molar-refractivity contribution in [2.45, 2.75) is 30.8 Å². The van der Waals surface area contributed by atoms with Gasteiger partial charge in [0, 0.05) is 17.9 Å². The van der Waals surface area contributed by atoms with E-state index < -0.39 is 15.6 Å². The van der Waals surface area contributed by atoms with Gasteiger partial charge in [0.2, 0.25) is 0 Å². The summed E-state index contributed by atoms with van der Waals surface area (Å²) in [6.07, 6.45) is 2.17. The highest BCUT2D eigenvalue weighted by molar-refractivity contribution is 9.09. The highest BCUT2D eigenvalue weighted by Gasteiger charge is 2.29. The average Bonchev–Trinajstić information content (AvgIpc) is 2.64. The SMILES string of the molecule is CCC(C)(CBr)NS(=O)(=O)c1ccnn1C. The molecule has 0 aliphatic rings. The predicted octanol–water partition coefficient (Wildman–Crippen LogP) is 1.26. The van der Waals surface area contributed by atoms with Crippen molar-refractivity contribution in [3.05, 3.63) is 12.3 Å². The van der Waals surface area contributed by atoms with Crippen LogP contribution >= 0.6 is 15.9 Å². The van der Waals surface area contributed by atoms with E-state index in [4.69, 9.17) is 0 Å². The zero-order valence-electron chi connectivity index (χ0n) is 9.57. The standard InChI is InChI=1S/C9H16BrN3O2S/c1-4-9(2,7-10)12-16(14,15)8-5-6-11-13(8)3/h5-6,12H,4,7H2,1-3H3. The minimum Gasteiger partial charge on any atom is -0.256 e. The summed E-state index contributed by atoms with van der Waals surface area (Å²) in [6.45, 7) is 3.79. The van der Waals surface area contributed by atoms with Crippen LogP contribution in [0.5, 0.6) is 0 Å². The summed E-state index contributed by atoms with van der Waals surface area (Å²) in [5.74, 6) is 0. The molecule has 0 saturated heterocycles. The number of aromatic nitrogens is 2. The quantitative estimate of drug-likeness (QED) is 0.833. The number of rotatable bonds is 5. The maximum atomic E-state index is 12.1. The Hall–Kier alpha value is -0.400. The minimum atomic E-state index is -3.51. The summed E-state index contributed by atoms with van der Waals surface area (Å²) in [4.78, 5) is 0. The van der Waals surface area contributed by atoms with E-state index in [0.717, 1.165) is 0 Å². The van der Waals surface area contributed by atoms with Crippen LogP contribution < -0.4 is 4.72 Å². The fourth-order valence-electron chi connectivity index (χ4n) is 1.20. The third-order valence-electron chi connectivity index (χ3n) is 2.51. The molecule has 0 aromatic carbocycles. The van der Waals surface area contributed by atoms with Crippen LogP contribution in [0.1, 0.15) is 20.3 Å². The van der Waals surface area contributed by atoms with Gasteiger partial charge in [-0.25, -0.2) is 13.1 Å². The van der Waals surface area contributed by atoms with Gasteiger partial charge in [0.05, 0.1) is 6.20 Å². The number of nitrogens with zero attached hydrogens (tertiary/aromatic N) is 2. The Labute approximate surface area is 104 Å². The van der Waals surface area contributed by atoms with Crippen molar-refractivity contribution in [2.24, 2.45) is 7.05 Å².